The van der Waals surface area contributed by atoms with Gasteiger partial charge in [0.05, 0.1) is 11.0 Å². The van der Waals surface area contributed by atoms with E-state index in [0.717, 1.165) is 11.1 Å². The normalized spacial score (nSPS) is 12.1. The Balaban J connectivity index is 1.64. The standard InChI is InChI=1S/C26H23NO4/c1-16-12-13-19(14-17(16)2)25(29)18(3)31-24(28)15-27-22-10-6-4-8-20(22)26(30)21-9-5-7-11-23(21)27/h4-14,18H,15H2,1-3H3. The topological polar surface area (TPSA) is 65.4 Å². The van der Waals surface area contributed by atoms with Crippen LogP contribution in [0.5, 0.6) is 0 Å². The SMILES string of the molecule is Cc1ccc(C(=O)C(C)OC(=O)Cn2c3ccccc3c(=O)c3ccccc32)cc1C. The van der Waals surface area contributed by atoms with Crippen molar-refractivity contribution >= 4 is 33.6 Å². The monoisotopic (exact) mass is 413 g/mol. The molecule has 3 aromatic carbocycles. The van der Waals surface area contributed by atoms with Crippen LogP contribution in [0.4, 0.5) is 0 Å². The summed E-state index contributed by atoms with van der Waals surface area (Å²) in [6.07, 6.45) is -0.911. The average molecular weight is 413 g/mol. The van der Waals surface area contributed by atoms with Gasteiger partial charge in [-0.1, -0.05) is 36.4 Å². The molecular weight excluding hydrogens is 390 g/mol. The van der Waals surface area contributed by atoms with Crippen LogP contribution in [-0.2, 0) is 16.1 Å². The molecule has 0 bridgehead atoms. The third-order valence-corrected chi connectivity index (χ3v) is 5.64. The highest BCUT2D eigenvalue weighted by Crippen LogP contribution is 2.20. The molecule has 1 unspecified atom stereocenters. The minimum Gasteiger partial charge on any atom is -0.453 e. The lowest BCUT2D eigenvalue weighted by molar-refractivity contribution is -0.146. The fourth-order valence-corrected chi connectivity index (χ4v) is 3.79. The number of ether oxygens (including phenoxy) is 1. The third kappa shape index (κ3) is 3.87. The maximum absolute atomic E-state index is 12.8. The van der Waals surface area contributed by atoms with Crippen molar-refractivity contribution in [2.24, 2.45) is 0 Å². The van der Waals surface area contributed by atoms with Gasteiger partial charge in [0.1, 0.15) is 6.54 Å². The number of benzene rings is 3. The summed E-state index contributed by atoms with van der Waals surface area (Å²) in [6, 6.07) is 19.8. The molecular formula is C26H23NO4. The minimum absolute atomic E-state index is 0.0749. The van der Waals surface area contributed by atoms with E-state index in [0.29, 0.717) is 27.4 Å². The van der Waals surface area contributed by atoms with Crippen LogP contribution in [0.25, 0.3) is 21.8 Å². The van der Waals surface area contributed by atoms with Crippen LogP contribution in [0.3, 0.4) is 0 Å². The molecule has 156 valence electrons. The van der Waals surface area contributed by atoms with E-state index in [1.807, 2.05) is 38.1 Å². The number of para-hydroxylation sites is 2. The van der Waals surface area contributed by atoms with E-state index in [-0.39, 0.29) is 17.8 Å². The maximum atomic E-state index is 12.8. The van der Waals surface area contributed by atoms with Gasteiger partial charge < -0.3 is 9.30 Å². The minimum atomic E-state index is -0.911. The summed E-state index contributed by atoms with van der Waals surface area (Å²) in [5.74, 6) is -0.783. The van der Waals surface area contributed by atoms with Gasteiger partial charge in [-0.15, -0.1) is 0 Å². The Labute approximate surface area is 179 Å². The van der Waals surface area contributed by atoms with Crippen LogP contribution in [-0.4, -0.2) is 22.4 Å². The Morgan fingerprint density at radius 2 is 1.45 bits per heavy atom. The Morgan fingerprint density at radius 1 is 0.871 bits per heavy atom. The molecule has 5 heteroatoms. The molecule has 0 saturated carbocycles. The van der Waals surface area contributed by atoms with Crippen LogP contribution in [0.1, 0.15) is 28.4 Å². The summed E-state index contributed by atoms with van der Waals surface area (Å²) in [6.45, 7) is 5.39. The van der Waals surface area contributed by atoms with E-state index in [2.05, 4.69) is 0 Å². The van der Waals surface area contributed by atoms with E-state index < -0.39 is 12.1 Å². The molecule has 0 amide bonds. The Hall–Kier alpha value is -3.73. The lowest BCUT2D eigenvalue weighted by Gasteiger charge is -2.17. The molecule has 0 N–H and O–H groups in total. The first-order valence-electron chi connectivity index (χ1n) is 10.2. The van der Waals surface area contributed by atoms with Crippen molar-refractivity contribution in [3.63, 3.8) is 0 Å². The highest BCUT2D eigenvalue weighted by molar-refractivity contribution is 6.00. The predicted octanol–water partition coefficient (Wildman–Crippen LogP) is 4.59. The number of esters is 1. The van der Waals surface area contributed by atoms with Gasteiger partial charge in [-0.3, -0.25) is 14.4 Å². The van der Waals surface area contributed by atoms with E-state index in [4.69, 9.17) is 4.74 Å². The molecule has 4 aromatic rings. The van der Waals surface area contributed by atoms with Crippen LogP contribution in [0.2, 0.25) is 0 Å². The molecule has 0 spiro atoms. The van der Waals surface area contributed by atoms with Crippen molar-refractivity contribution in [2.45, 2.75) is 33.4 Å². The Kier molecular flexibility index (Phi) is 5.42. The van der Waals surface area contributed by atoms with Crippen LogP contribution in [0.15, 0.2) is 71.5 Å². The second kappa shape index (κ2) is 8.19. The van der Waals surface area contributed by atoms with Crippen molar-refractivity contribution in [2.75, 3.05) is 0 Å². The fourth-order valence-electron chi connectivity index (χ4n) is 3.79. The second-order valence-corrected chi connectivity index (χ2v) is 7.74. The number of carbonyl (C=O) groups is 2. The number of ketones is 1. The largest absolute Gasteiger partial charge is 0.453 e. The van der Waals surface area contributed by atoms with Crippen molar-refractivity contribution in [1.82, 2.24) is 4.57 Å². The number of hydrogen-bond acceptors (Lipinski definition) is 4. The van der Waals surface area contributed by atoms with Gasteiger partial charge in [0.15, 0.2) is 11.5 Å². The Bertz CT molecular complexity index is 1320. The number of hydrogen-bond donors (Lipinski definition) is 0. The molecule has 0 fully saturated rings. The molecule has 0 radical (unpaired) electrons. The smallest absolute Gasteiger partial charge is 0.326 e. The second-order valence-electron chi connectivity index (χ2n) is 7.74. The molecule has 1 atom stereocenters. The molecule has 4 rings (SSSR count). The summed E-state index contributed by atoms with van der Waals surface area (Å²) in [5, 5.41) is 1.07. The lowest BCUT2D eigenvalue weighted by atomic mass is 10.0. The predicted molar refractivity (Wildman–Crippen MR) is 122 cm³/mol. The van der Waals surface area contributed by atoms with E-state index in [9.17, 15) is 14.4 Å². The van der Waals surface area contributed by atoms with Crippen molar-refractivity contribution < 1.29 is 14.3 Å². The number of pyridine rings is 1. The van der Waals surface area contributed by atoms with Crippen molar-refractivity contribution in [3.05, 3.63) is 93.6 Å². The molecule has 0 saturated heterocycles. The molecule has 5 nitrogen and oxygen atoms in total. The zero-order valence-electron chi connectivity index (χ0n) is 17.7. The maximum Gasteiger partial charge on any atom is 0.326 e. The number of nitrogens with zero attached hydrogens (tertiary/aromatic N) is 1. The molecule has 31 heavy (non-hydrogen) atoms. The number of aryl methyl sites for hydroxylation is 2. The van der Waals surface area contributed by atoms with Gasteiger partial charge in [-0.25, -0.2) is 0 Å². The highest BCUT2D eigenvalue weighted by atomic mass is 16.5. The fraction of sp³-hybridized carbons (Fsp3) is 0.192. The van der Waals surface area contributed by atoms with E-state index in [1.165, 1.54) is 0 Å². The number of carbonyl (C=O) groups excluding carboxylic acids is 2. The average Bonchev–Trinajstić information content (AvgIpc) is 2.78. The summed E-state index contributed by atoms with van der Waals surface area (Å²) in [4.78, 5) is 38.3. The summed E-state index contributed by atoms with van der Waals surface area (Å²) in [5.41, 5.74) is 3.85. The quantitative estimate of drug-likeness (QED) is 0.273. The summed E-state index contributed by atoms with van der Waals surface area (Å²) >= 11 is 0. The summed E-state index contributed by atoms with van der Waals surface area (Å²) in [7, 11) is 0. The first-order valence-corrected chi connectivity index (χ1v) is 10.2. The zero-order chi connectivity index (χ0) is 22.1. The molecule has 1 heterocycles. The Morgan fingerprint density at radius 3 is 2.03 bits per heavy atom. The van der Waals surface area contributed by atoms with Gasteiger partial charge in [-0.05, 0) is 62.2 Å². The molecule has 1 aromatic heterocycles. The number of rotatable bonds is 5. The molecule has 0 aliphatic rings. The van der Waals surface area contributed by atoms with Crippen LogP contribution < -0.4 is 5.43 Å². The van der Waals surface area contributed by atoms with Gasteiger partial charge in [-0.2, -0.15) is 0 Å². The molecule has 0 aliphatic carbocycles. The zero-order valence-corrected chi connectivity index (χ0v) is 17.7. The van der Waals surface area contributed by atoms with Gasteiger partial charge in [0.25, 0.3) is 0 Å². The lowest BCUT2D eigenvalue weighted by Crippen LogP contribution is -2.27. The van der Waals surface area contributed by atoms with Gasteiger partial charge in [0, 0.05) is 16.3 Å². The van der Waals surface area contributed by atoms with E-state index in [1.54, 1.807) is 54.0 Å². The number of fused-ring (bicyclic) bond motifs is 2. The van der Waals surface area contributed by atoms with Crippen molar-refractivity contribution in [3.8, 4) is 0 Å². The number of Topliss-reactive ketones (excluding diaryl/α,β-unsaturated/α-hetero) is 1. The van der Waals surface area contributed by atoms with E-state index >= 15 is 0 Å². The van der Waals surface area contributed by atoms with Crippen LogP contribution >= 0.6 is 0 Å². The van der Waals surface area contributed by atoms with Gasteiger partial charge in [0.2, 0.25) is 5.78 Å². The first kappa shape index (κ1) is 20.5. The third-order valence-electron chi connectivity index (χ3n) is 5.64. The van der Waals surface area contributed by atoms with Crippen molar-refractivity contribution in [1.29, 1.82) is 0 Å². The molecule has 0 aliphatic heterocycles. The van der Waals surface area contributed by atoms with Crippen LogP contribution in [0, 0.1) is 13.8 Å². The van der Waals surface area contributed by atoms with Gasteiger partial charge >= 0.3 is 5.97 Å². The highest BCUT2D eigenvalue weighted by Gasteiger charge is 2.21. The summed E-state index contributed by atoms with van der Waals surface area (Å²) < 4.78 is 7.25. The number of aromatic nitrogens is 1. The first-order chi connectivity index (χ1) is 14.9.